The molecule has 0 amide bonds. The molecule has 1 atom stereocenters. The van der Waals surface area contributed by atoms with Crippen molar-refractivity contribution in [1.82, 2.24) is 4.90 Å². The smallest absolute Gasteiger partial charge is 0.123 e. The highest BCUT2D eigenvalue weighted by Gasteiger charge is 2.09. The normalized spacial score (nSPS) is 11.9. The first-order valence-electron chi connectivity index (χ1n) is 7.55. The molecule has 0 saturated carbocycles. The van der Waals surface area contributed by atoms with Crippen LogP contribution in [0, 0.1) is 17.8 Å². The van der Waals surface area contributed by atoms with E-state index in [1.54, 1.807) is 7.11 Å². The summed E-state index contributed by atoms with van der Waals surface area (Å²) in [6.07, 6.45) is 1.70. The highest BCUT2D eigenvalue weighted by atomic mass is 16.5. The molecule has 21 heavy (non-hydrogen) atoms. The standard InChI is InChI=1S/C18H27NO2/c1-5-15(2)13-19(3)14-17-12-16(8-6-7-11-20)9-10-18(17)21-4/h9-10,12,15,20H,5,7,11,13-14H2,1-4H3. The molecule has 0 aliphatic heterocycles. The summed E-state index contributed by atoms with van der Waals surface area (Å²) in [5, 5.41) is 8.78. The monoisotopic (exact) mass is 289 g/mol. The van der Waals surface area contributed by atoms with Crippen LogP contribution in [0.25, 0.3) is 0 Å². The lowest BCUT2D eigenvalue weighted by Gasteiger charge is -2.21. The summed E-state index contributed by atoms with van der Waals surface area (Å²) in [5.41, 5.74) is 2.12. The van der Waals surface area contributed by atoms with E-state index in [1.807, 2.05) is 12.1 Å². The maximum absolute atomic E-state index is 8.78. The molecule has 0 spiro atoms. The number of nitrogens with zero attached hydrogens (tertiary/aromatic N) is 1. The van der Waals surface area contributed by atoms with Gasteiger partial charge in [0.05, 0.1) is 13.7 Å². The van der Waals surface area contributed by atoms with Crippen LogP contribution < -0.4 is 4.74 Å². The molecule has 1 N–H and O–H groups in total. The molecule has 3 nitrogen and oxygen atoms in total. The second-order valence-corrected chi connectivity index (χ2v) is 5.51. The second kappa shape index (κ2) is 9.44. The zero-order valence-corrected chi connectivity index (χ0v) is 13.6. The Morgan fingerprint density at radius 2 is 2.14 bits per heavy atom. The Morgan fingerprint density at radius 1 is 1.38 bits per heavy atom. The van der Waals surface area contributed by atoms with Crippen molar-refractivity contribution in [1.29, 1.82) is 0 Å². The third-order valence-electron chi connectivity index (χ3n) is 3.51. The fourth-order valence-electron chi connectivity index (χ4n) is 2.22. The molecule has 0 radical (unpaired) electrons. The Labute approximate surface area is 128 Å². The number of rotatable bonds is 7. The van der Waals surface area contributed by atoms with E-state index in [1.165, 1.54) is 6.42 Å². The van der Waals surface area contributed by atoms with Crippen molar-refractivity contribution < 1.29 is 9.84 Å². The van der Waals surface area contributed by atoms with Gasteiger partial charge in [0.2, 0.25) is 0 Å². The third kappa shape index (κ3) is 6.20. The molecule has 3 heteroatoms. The first-order chi connectivity index (χ1) is 10.1. The van der Waals surface area contributed by atoms with Crippen molar-refractivity contribution in [3.8, 4) is 17.6 Å². The van der Waals surface area contributed by atoms with Crippen LogP contribution in [-0.4, -0.2) is 37.3 Å². The van der Waals surface area contributed by atoms with Gasteiger partial charge in [-0.1, -0.05) is 32.1 Å². The molecule has 116 valence electrons. The summed E-state index contributed by atoms with van der Waals surface area (Å²) < 4.78 is 5.44. The lowest BCUT2D eigenvalue weighted by molar-refractivity contribution is 0.270. The van der Waals surface area contributed by atoms with Crippen molar-refractivity contribution in [3.05, 3.63) is 29.3 Å². The van der Waals surface area contributed by atoms with Gasteiger partial charge in [-0.3, -0.25) is 0 Å². The quantitative estimate of drug-likeness (QED) is 0.783. The SMILES string of the molecule is CCC(C)CN(C)Cc1cc(C#CCCO)ccc1OC. The topological polar surface area (TPSA) is 32.7 Å². The molecule has 0 saturated heterocycles. The van der Waals surface area contributed by atoms with Crippen molar-refractivity contribution in [2.75, 3.05) is 27.3 Å². The van der Waals surface area contributed by atoms with E-state index < -0.39 is 0 Å². The minimum Gasteiger partial charge on any atom is -0.496 e. The predicted molar refractivity (Wildman–Crippen MR) is 87.4 cm³/mol. The van der Waals surface area contributed by atoms with E-state index in [0.29, 0.717) is 12.3 Å². The lowest BCUT2D eigenvalue weighted by atomic mass is 10.1. The molecular formula is C18H27NO2. The lowest BCUT2D eigenvalue weighted by Crippen LogP contribution is -2.24. The molecule has 0 aliphatic rings. The van der Waals surface area contributed by atoms with Gasteiger partial charge >= 0.3 is 0 Å². The molecule has 0 heterocycles. The Kier molecular flexibility index (Phi) is 7.89. The van der Waals surface area contributed by atoms with Gasteiger partial charge in [-0.15, -0.1) is 0 Å². The summed E-state index contributed by atoms with van der Waals surface area (Å²) in [6, 6.07) is 6.01. The van der Waals surface area contributed by atoms with Crippen LogP contribution in [0.2, 0.25) is 0 Å². The summed E-state index contributed by atoms with van der Waals surface area (Å²) in [7, 11) is 3.83. The first kappa shape index (κ1) is 17.6. The highest BCUT2D eigenvalue weighted by Crippen LogP contribution is 2.21. The van der Waals surface area contributed by atoms with Crippen LogP contribution in [0.5, 0.6) is 5.75 Å². The van der Waals surface area contributed by atoms with E-state index in [2.05, 4.69) is 43.7 Å². The molecule has 1 unspecified atom stereocenters. The van der Waals surface area contributed by atoms with Gasteiger partial charge < -0.3 is 14.7 Å². The molecule has 1 aromatic rings. The Balaban J connectivity index is 2.83. The molecule has 1 aromatic carbocycles. The summed E-state index contributed by atoms with van der Waals surface area (Å²) in [5.74, 6) is 7.62. The van der Waals surface area contributed by atoms with Gasteiger partial charge in [0.25, 0.3) is 0 Å². The van der Waals surface area contributed by atoms with E-state index >= 15 is 0 Å². The minimum absolute atomic E-state index is 0.105. The second-order valence-electron chi connectivity index (χ2n) is 5.51. The summed E-state index contributed by atoms with van der Waals surface area (Å²) in [6.45, 7) is 6.51. The van der Waals surface area contributed by atoms with Crippen LogP contribution in [0.15, 0.2) is 18.2 Å². The van der Waals surface area contributed by atoms with Crippen LogP contribution in [0.1, 0.15) is 37.8 Å². The molecule has 1 rings (SSSR count). The predicted octanol–water partition coefficient (Wildman–Crippen LogP) is 2.91. The van der Waals surface area contributed by atoms with E-state index in [-0.39, 0.29) is 6.61 Å². The van der Waals surface area contributed by atoms with Crippen molar-refractivity contribution in [3.63, 3.8) is 0 Å². The van der Waals surface area contributed by atoms with Gasteiger partial charge in [0.15, 0.2) is 0 Å². The highest BCUT2D eigenvalue weighted by molar-refractivity contribution is 5.44. The van der Waals surface area contributed by atoms with Crippen molar-refractivity contribution in [2.45, 2.75) is 33.2 Å². The maximum Gasteiger partial charge on any atom is 0.123 e. The van der Waals surface area contributed by atoms with Crippen LogP contribution in [-0.2, 0) is 6.54 Å². The number of hydrogen-bond acceptors (Lipinski definition) is 3. The number of benzene rings is 1. The van der Waals surface area contributed by atoms with Crippen molar-refractivity contribution in [2.24, 2.45) is 5.92 Å². The maximum atomic E-state index is 8.78. The van der Waals surface area contributed by atoms with Gasteiger partial charge in [-0.2, -0.15) is 0 Å². The van der Waals surface area contributed by atoms with Gasteiger partial charge in [0, 0.05) is 30.6 Å². The van der Waals surface area contributed by atoms with E-state index in [0.717, 1.165) is 30.0 Å². The molecule has 0 fully saturated rings. The number of ether oxygens (including phenoxy) is 1. The van der Waals surface area contributed by atoms with Crippen LogP contribution in [0.3, 0.4) is 0 Å². The largest absolute Gasteiger partial charge is 0.496 e. The Bertz CT molecular complexity index is 488. The van der Waals surface area contributed by atoms with E-state index in [9.17, 15) is 0 Å². The Hall–Kier alpha value is -1.50. The third-order valence-corrected chi connectivity index (χ3v) is 3.51. The van der Waals surface area contributed by atoms with Gasteiger partial charge in [-0.25, -0.2) is 0 Å². The average Bonchev–Trinajstić information content (AvgIpc) is 2.47. The summed E-state index contributed by atoms with van der Waals surface area (Å²) >= 11 is 0. The number of aliphatic hydroxyl groups excluding tert-OH is 1. The zero-order chi connectivity index (χ0) is 15.7. The van der Waals surface area contributed by atoms with Crippen molar-refractivity contribution >= 4 is 0 Å². The minimum atomic E-state index is 0.105. The number of methoxy groups -OCH3 is 1. The average molecular weight is 289 g/mol. The molecule has 0 bridgehead atoms. The fraction of sp³-hybridized carbons (Fsp3) is 0.556. The molecular weight excluding hydrogens is 262 g/mol. The number of hydrogen-bond donors (Lipinski definition) is 1. The van der Waals surface area contributed by atoms with Crippen LogP contribution in [0.4, 0.5) is 0 Å². The Morgan fingerprint density at radius 3 is 2.76 bits per heavy atom. The first-order valence-corrected chi connectivity index (χ1v) is 7.55. The van der Waals surface area contributed by atoms with Gasteiger partial charge in [0.1, 0.15) is 5.75 Å². The molecule has 0 aromatic heterocycles. The summed E-state index contributed by atoms with van der Waals surface area (Å²) in [4.78, 5) is 2.32. The van der Waals surface area contributed by atoms with E-state index in [4.69, 9.17) is 9.84 Å². The fourth-order valence-corrected chi connectivity index (χ4v) is 2.22. The molecule has 0 aliphatic carbocycles. The number of aliphatic hydroxyl groups is 1. The zero-order valence-electron chi connectivity index (χ0n) is 13.6. The van der Waals surface area contributed by atoms with Crippen LogP contribution >= 0.6 is 0 Å². The van der Waals surface area contributed by atoms with Gasteiger partial charge in [-0.05, 0) is 31.2 Å².